The van der Waals surface area contributed by atoms with Crippen molar-refractivity contribution in [3.05, 3.63) is 51.5 Å². The minimum Gasteiger partial charge on any atom is -0.496 e. The summed E-state index contributed by atoms with van der Waals surface area (Å²) in [5.74, 6) is 1.78. The zero-order valence-corrected chi connectivity index (χ0v) is 16.9. The summed E-state index contributed by atoms with van der Waals surface area (Å²) in [6.45, 7) is 3.64. The van der Waals surface area contributed by atoms with E-state index in [0.717, 1.165) is 30.9 Å². The van der Waals surface area contributed by atoms with Crippen LogP contribution < -0.4 is 14.2 Å². The third-order valence-corrected chi connectivity index (χ3v) is 5.49. The van der Waals surface area contributed by atoms with Crippen molar-refractivity contribution in [1.82, 2.24) is 9.80 Å². The van der Waals surface area contributed by atoms with Gasteiger partial charge in [0, 0.05) is 48.9 Å². The molecule has 1 amide bonds. The maximum absolute atomic E-state index is 12.9. The molecule has 2 aliphatic heterocycles. The Hall–Kier alpha value is -2.15. The lowest BCUT2D eigenvalue weighted by molar-refractivity contribution is 0.0627. The lowest BCUT2D eigenvalue weighted by Gasteiger charge is -2.35. The number of ether oxygens (including phenoxy) is 3. The Morgan fingerprint density at radius 3 is 2.64 bits per heavy atom. The van der Waals surface area contributed by atoms with Gasteiger partial charge in [0.25, 0.3) is 5.91 Å². The van der Waals surface area contributed by atoms with Crippen LogP contribution in [0, 0.1) is 0 Å². The summed E-state index contributed by atoms with van der Waals surface area (Å²) in [5, 5.41) is 1.08. The number of fused-ring (bicyclic) bond motifs is 1. The largest absolute Gasteiger partial charge is 0.496 e. The SMILES string of the molecule is COc1ccc(Cl)cc1CN1CCN(C(=O)c2cc(Cl)c3c(c2)OCO3)CC1. The van der Waals surface area contributed by atoms with Gasteiger partial charge in [0.15, 0.2) is 11.5 Å². The first-order chi connectivity index (χ1) is 13.5. The monoisotopic (exact) mass is 422 g/mol. The molecule has 0 spiro atoms. The number of piperazine rings is 1. The standard InChI is InChI=1S/C20H20Cl2N2O4/c1-26-17-3-2-15(21)8-14(17)11-23-4-6-24(7-5-23)20(25)13-9-16(22)19-18(10-13)27-12-28-19/h2-3,8-10H,4-7,11-12H2,1H3. The number of halogens is 2. The molecule has 0 radical (unpaired) electrons. The second-order valence-electron chi connectivity index (χ2n) is 6.72. The van der Waals surface area contributed by atoms with Crippen molar-refractivity contribution >= 4 is 29.1 Å². The first-order valence-corrected chi connectivity index (χ1v) is 9.74. The average Bonchev–Trinajstić information content (AvgIpc) is 3.17. The Kier molecular flexibility index (Phi) is 5.53. The first-order valence-electron chi connectivity index (χ1n) is 8.98. The minimum absolute atomic E-state index is 0.0554. The molecule has 1 fully saturated rings. The molecule has 0 N–H and O–H groups in total. The molecular weight excluding hydrogens is 403 g/mol. The molecule has 0 aliphatic carbocycles. The third-order valence-electron chi connectivity index (χ3n) is 4.97. The van der Waals surface area contributed by atoms with Crippen molar-refractivity contribution in [2.75, 3.05) is 40.1 Å². The Balaban J connectivity index is 1.40. The van der Waals surface area contributed by atoms with Gasteiger partial charge in [0.1, 0.15) is 5.75 Å². The molecule has 8 heteroatoms. The van der Waals surface area contributed by atoms with Crippen LogP contribution in [-0.4, -0.2) is 55.8 Å². The summed E-state index contributed by atoms with van der Waals surface area (Å²) in [5.41, 5.74) is 1.55. The van der Waals surface area contributed by atoms with Gasteiger partial charge in [-0.15, -0.1) is 0 Å². The molecule has 2 aromatic rings. The highest BCUT2D eigenvalue weighted by Gasteiger charge is 2.26. The summed E-state index contributed by atoms with van der Waals surface area (Å²) in [4.78, 5) is 17.0. The quantitative estimate of drug-likeness (QED) is 0.751. The molecule has 2 aliphatic rings. The summed E-state index contributed by atoms with van der Waals surface area (Å²) in [6.07, 6.45) is 0. The number of methoxy groups -OCH3 is 1. The Morgan fingerprint density at radius 1 is 1.11 bits per heavy atom. The molecule has 2 aromatic carbocycles. The molecule has 0 unspecified atom stereocenters. The van der Waals surface area contributed by atoms with Crippen molar-refractivity contribution in [3.8, 4) is 17.2 Å². The molecule has 0 bridgehead atoms. The van der Waals surface area contributed by atoms with E-state index in [0.29, 0.717) is 40.2 Å². The smallest absolute Gasteiger partial charge is 0.254 e. The van der Waals surface area contributed by atoms with E-state index in [-0.39, 0.29) is 12.7 Å². The Labute approximate surface area is 173 Å². The highest BCUT2D eigenvalue weighted by Crippen LogP contribution is 2.40. The van der Waals surface area contributed by atoms with Gasteiger partial charge < -0.3 is 19.1 Å². The first kappa shape index (κ1) is 19.2. The molecule has 4 rings (SSSR count). The number of nitrogens with zero attached hydrogens (tertiary/aromatic N) is 2. The highest BCUT2D eigenvalue weighted by molar-refractivity contribution is 6.32. The molecule has 0 aromatic heterocycles. The van der Waals surface area contributed by atoms with Gasteiger partial charge in [-0.05, 0) is 30.3 Å². The van der Waals surface area contributed by atoms with Gasteiger partial charge in [-0.1, -0.05) is 23.2 Å². The van der Waals surface area contributed by atoms with Crippen LogP contribution in [0.25, 0.3) is 0 Å². The van der Waals surface area contributed by atoms with E-state index < -0.39 is 0 Å². The topological polar surface area (TPSA) is 51.2 Å². The number of carbonyl (C=O) groups excluding carboxylic acids is 1. The van der Waals surface area contributed by atoms with Crippen molar-refractivity contribution in [3.63, 3.8) is 0 Å². The van der Waals surface area contributed by atoms with Crippen LogP contribution in [0.2, 0.25) is 10.0 Å². The predicted octanol–water partition coefficient (Wildman–Crippen LogP) is 3.69. The number of benzene rings is 2. The molecule has 2 heterocycles. The van der Waals surface area contributed by atoms with Crippen LogP contribution in [0.4, 0.5) is 0 Å². The van der Waals surface area contributed by atoms with Crippen LogP contribution in [-0.2, 0) is 6.54 Å². The normalized spacial score (nSPS) is 16.3. The van der Waals surface area contributed by atoms with E-state index in [1.807, 2.05) is 23.1 Å². The number of hydrogen-bond donors (Lipinski definition) is 0. The van der Waals surface area contributed by atoms with Gasteiger partial charge in [-0.3, -0.25) is 9.69 Å². The lowest BCUT2D eigenvalue weighted by Crippen LogP contribution is -2.48. The fourth-order valence-electron chi connectivity index (χ4n) is 3.49. The molecule has 1 saturated heterocycles. The summed E-state index contributed by atoms with van der Waals surface area (Å²) < 4.78 is 16.1. The lowest BCUT2D eigenvalue weighted by atomic mass is 10.1. The van der Waals surface area contributed by atoms with Crippen LogP contribution in [0.3, 0.4) is 0 Å². The van der Waals surface area contributed by atoms with Crippen LogP contribution >= 0.6 is 23.2 Å². The Bertz CT molecular complexity index is 898. The van der Waals surface area contributed by atoms with Gasteiger partial charge in [-0.25, -0.2) is 0 Å². The van der Waals surface area contributed by atoms with E-state index >= 15 is 0 Å². The molecule has 0 saturated carbocycles. The van der Waals surface area contributed by atoms with Crippen molar-refractivity contribution in [2.45, 2.75) is 6.54 Å². The second kappa shape index (κ2) is 8.07. The number of hydrogen-bond acceptors (Lipinski definition) is 5. The third kappa shape index (κ3) is 3.85. The minimum atomic E-state index is -0.0554. The second-order valence-corrected chi connectivity index (χ2v) is 7.56. The zero-order valence-electron chi connectivity index (χ0n) is 15.4. The fourth-order valence-corrected chi connectivity index (χ4v) is 3.95. The van der Waals surface area contributed by atoms with Gasteiger partial charge in [0.05, 0.1) is 12.1 Å². The fraction of sp³-hybridized carbons (Fsp3) is 0.350. The van der Waals surface area contributed by atoms with E-state index in [1.165, 1.54) is 0 Å². The van der Waals surface area contributed by atoms with Gasteiger partial charge in [0.2, 0.25) is 6.79 Å². The number of rotatable bonds is 4. The number of carbonyl (C=O) groups is 1. The average molecular weight is 423 g/mol. The van der Waals surface area contributed by atoms with Crippen LogP contribution in [0.15, 0.2) is 30.3 Å². The molecule has 28 heavy (non-hydrogen) atoms. The Morgan fingerprint density at radius 2 is 1.89 bits per heavy atom. The summed E-state index contributed by atoms with van der Waals surface area (Å²) in [7, 11) is 1.65. The molecular formula is C20H20Cl2N2O4. The van der Waals surface area contributed by atoms with E-state index in [2.05, 4.69) is 4.90 Å². The predicted molar refractivity (Wildman–Crippen MR) is 107 cm³/mol. The van der Waals surface area contributed by atoms with Crippen LogP contribution in [0.1, 0.15) is 15.9 Å². The van der Waals surface area contributed by atoms with Gasteiger partial charge >= 0.3 is 0 Å². The summed E-state index contributed by atoms with van der Waals surface area (Å²) in [6, 6.07) is 8.95. The number of amides is 1. The van der Waals surface area contributed by atoms with E-state index in [4.69, 9.17) is 37.4 Å². The summed E-state index contributed by atoms with van der Waals surface area (Å²) >= 11 is 12.3. The maximum Gasteiger partial charge on any atom is 0.254 e. The molecule has 148 valence electrons. The van der Waals surface area contributed by atoms with E-state index in [1.54, 1.807) is 19.2 Å². The van der Waals surface area contributed by atoms with Crippen molar-refractivity contribution in [1.29, 1.82) is 0 Å². The van der Waals surface area contributed by atoms with Gasteiger partial charge in [-0.2, -0.15) is 0 Å². The molecule has 0 atom stereocenters. The van der Waals surface area contributed by atoms with E-state index in [9.17, 15) is 4.79 Å². The van der Waals surface area contributed by atoms with Crippen molar-refractivity contribution < 1.29 is 19.0 Å². The molecule has 6 nitrogen and oxygen atoms in total. The maximum atomic E-state index is 12.9. The van der Waals surface area contributed by atoms with Crippen LogP contribution in [0.5, 0.6) is 17.2 Å². The highest BCUT2D eigenvalue weighted by atomic mass is 35.5. The van der Waals surface area contributed by atoms with Crippen molar-refractivity contribution in [2.24, 2.45) is 0 Å². The zero-order chi connectivity index (χ0) is 19.7.